The Kier molecular flexibility index (Phi) is 16.3. The second-order valence-corrected chi connectivity index (χ2v) is 14.0. The second-order valence-electron chi connectivity index (χ2n) is 14.0. The van der Waals surface area contributed by atoms with Gasteiger partial charge in [-0.2, -0.15) is 0 Å². The number of aromatic nitrogens is 4. The molecule has 8 bridgehead atoms. The summed E-state index contributed by atoms with van der Waals surface area (Å²) in [5.41, 5.74) is 8.23. The minimum absolute atomic E-state index is 0. The summed E-state index contributed by atoms with van der Waals surface area (Å²) in [6.45, 7) is 8.05. The molecule has 0 aliphatic carbocycles. The Bertz CT molecular complexity index is 2370. The topological polar surface area (TPSA) is 75.8 Å². The minimum Gasteiger partial charge on any atom is -0.374 e. The molecule has 2 aliphatic rings. The van der Waals surface area contributed by atoms with Crippen LogP contribution in [0.3, 0.4) is 0 Å². The van der Waals surface area contributed by atoms with Crippen molar-refractivity contribution in [3.63, 3.8) is 0 Å². The zero-order valence-corrected chi connectivity index (χ0v) is 38.8. The zero-order chi connectivity index (χ0) is 37.9. The number of ether oxygens (including phenoxy) is 2. The van der Waals surface area contributed by atoms with Crippen LogP contribution < -0.4 is 0 Å². The molecular formula is C44H42F4K2N4O2. The summed E-state index contributed by atoms with van der Waals surface area (Å²) in [7, 11) is 0. The summed E-state index contributed by atoms with van der Waals surface area (Å²) >= 11 is 0. The number of aromatic amines is 2. The van der Waals surface area contributed by atoms with Gasteiger partial charge in [0.1, 0.15) is 23.3 Å². The molecule has 5 aromatic rings. The maximum Gasteiger partial charge on any atom is 0.129 e. The number of nitrogens with zero attached hydrogens (tertiary/aromatic N) is 2. The van der Waals surface area contributed by atoms with Crippen LogP contribution in [0.4, 0.5) is 17.6 Å². The van der Waals surface area contributed by atoms with Crippen molar-refractivity contribution in [2.45, 2.75) is 64.6 Å². The van der Waals surface area contributed by atoms with Gasteiger partial charge in [-0.3, -0.25) is 0 Å². The van der Waals surface area contributed by atoms with Gasteiger partial charge < -0.3 is 19.4 Å². The molecule has 0 amide bonds. The molecule has 4 unspecified atom stereocenters. The van der Waals surface area contributed by atoms with E-state index >= 15 is 0 Å². The molecule has 6 nitrogen and oxygen atoms in total. The first kappa shape index (κ1) is 45.0. The van der Waals surface area contributed by atoms with Gasteiger partial charge in [-0.1, -0.05) is 26.0 Å². The van der Waals surface area contributed by atoms with Crippen molar-refractivity contribution >= 4 is 149 Å². The van der Waals surface area contributed by atoms with Crippen LogP contribution in [0.15, 0.2) is 78.9 Å². The summed E-state index contributed by atoms with van der Waals surface area (Å²) in [5, 5.41) is 0. The number of H-pyrrole nitrogens is 2. The van der Waals surface area contributed by atoms with E-state index < -0.39 is 23.3 Å². The maximum atomic E-state index is 14.4. The van der Waals surface area contributed by atoms with Gasteiger partial charge in [-0.25, -0.2) is 27.5 Å². The second kappa shape index (κ2) is 20.3. The van der Waals surface area contributed by atoms with Crippen LogP contribution in [0.2, 0.25) is 0 Å². The molecule has 5 heterocycles. The Balaban J connectivity index is 0.00000300. The molecule has 0 saturated heterocycles. The number of benzene rings is 2. The summed E-state index contributed by atoms with van der Waals surface area (Å²) in [6.07, 6.45) is 6.01. The normalized spacial score (nSPS) is 14.3. The van der Waals surface area contributed by atoms with Crippen LogP contribution in [0.5, 0.6) is 0 Å². The van der Waals surface area contributed by atoms with Gasteiger partial charge in [-0.15, -0.1) is 0 Å². The number of halogens is 4. The van der Waals surface area contributed by atoms with Crippen molar-refractivity contribution in [2.24, 2.45) is 0 Å². The van der Waals surface area contributed by atoms with Gasteiger partial charge in [0.25, 0.3) is 0 Å². The Labute approximate surface area is 409 Å². The molecule has 2 aliphatic heterocycles. The first-order valence-electron chi connectivity index (χ1n) is 18.3. The Morgan fingerprint density at radius 1 is 0.571 bits per heavy atom. The molecule has 12 heteroatoms. The van der Waals surface area contributed by atoms with E-state index in [0.29, 0.717) is 18.5 Å². The minimum atomic E-state index is -0.558. The monoisotopic (exact) mass is 812 g/mol. The smallest absolute Gasteiger partial charge is 0.129 e. The number of nitrogens with one attached hydrogen (secondary N) is 2. The van der Waals surface area contributed by atoms with Crippen LogP contribution >= 0.6 is 0 Å². The van der Waals surface area contributed by atoms with Crippen molar-refractivity contribution in [2.75, 3.05) is 13.2 Å². The standard InChI is InChI=1S/C44H42F4N4O2.2K/c1-25(43-37(45)7-5-8-38(43)46)15-17-53-27(3)35-21-33-20-31-12-11-29(49-31)19-30-13-14-32(50-30)23-41-36(22-34(52-41)24-42(35)51-33)28(4)54-18-16-26(2)44-39(47)9-6-10-40(44)48;;/h5-14,19-28,50-51H,15-18H2,1-4H3;;. The van der Waals surface area contributed by atoms with Crippen molar-refractivity contribution in [1.82, 2.24) is 19.9 Å². The van der Waals surface area contributed by atoms with Crippen LogP contribution in [0, 0.1) is 23.3 Å². The van der Waals surface area contributed by atoms with E-state index in [1.54, 1.807) is 13.8 Å². The molecular weight excluding hydrogens is 771 g/mol. The first-order chi connectivity index (χ1) is 26.0. The summed E-state index contributed by atoms with van der Waals surface area (Å²) < 4.78 is 70.3. The van der Waals surface area contributed by atoms with E-state index in [1.807, 2.05) is 74.5 Å². The van der Waals surface area contributed by atoms with Crippen molar-refractivity contribution in [1.29, 1.82) is 0 Å². The predicted molar refractivity (Wildman–Crippen MR) is 218 cm³/mol. The van der Waals surface area contributed by atoms with E-state index in [1.165, 1.54) is 36.4 Å². The summed E-state index contributed by atoms with van der Waals surface area (Å²) in [5.74, 6) is -2.98. The first-order valence-corrected chi connectivity index (χ1v) is 18.3. The number of hydrogen-bond acceptors (Lipinski definition) is 4. The Hall–Kier alpha value is -2.05. The summed E-state index contributed by atoms with van der Waals surface area (Å²) in [4.78, 5) is 16.7. The molecule has 0 spiro atoms. The van der Waals surface area contributed by atoms with Gasteiger partial charge in [0.15, 0.2) is 0 Å². The Morgan fingerprint density at radius 3 is 1.66 bits per heavy atom. The van der Waals surface area contributed by atoms with Crippen LogP contribution in [-0.4, -0.2) is 142 Å². The third-order valence-electron chi connectivity index (χ3n) is 10.1. The van der Waals surface area contributed by atoms with E-state index in [-0.39, 0.29) is 151 Å². The summed E-state index contributed by atoms with van der Waals surface area (Å²) in [6, 6.07) is 21.7. The van der Waals surface area contributed by atoms with E-state index in [2.05, 4.69) is 9.97 Å². The van der Waals surface area contributed by atoms with E-state index in [4.69, 9.17) is 19.4 Å². The predicted octanol–water partition coefficient (Wildman–Crippen LogP) is 10.7. The third kappa shape index (κ3) is 10.8. The Morgan fingerprint density at radius 2 is 1.09 bits per heavy atom. The van der Waals surface area contributed by atoms with Gasteiger partial charge in [0.2, 0.25) is 0 Å². The average Bonchev–Trinajstić information content (AvgIpc) is 3.93. The average molecular weight is 813 g/mol. The molecule has 4 atom stereocenters. The molecule has 7 rings (SSSR count). The fourth-order valence-corrected chi connectivity index (χ4v) is 7.07. The zero-order valence-electron chi connectivity index (χ0n) is 32.6. The molecule has 2 aromatic carbocycles. The quantitative estimate of drug-likeness (QED) is 0.0953. The van der Waals surface area contributed by atoms with Gasteiger partial charge in [-0.05, 0) is 123 Å². The van der Waals surface area contributed by atoms with Crippen LogP contribution in [0.25, 0.3) is 45.9 Å². The largest absolute Gasteiger partial charge is 0.374 e. The molecule has 3 aromatic heterocycles. The molecule has 280 valence electrons. The van der Waals surface area contributed by atoms with Gasteiger partial charge >= 0.3 is 0 Å². The van der Waals surface area contributed by atoms with E-state index in [0.717, 1.165) is 50.3 Å². The third-order valence-corrected chi connectivity index (χ3v) is 10.1. The number of rotatable bonds is 12. The fourth-order valence-electron chi connectivity index (χ4n) is 7.07. The van der Waals surface area contributed by atoms with Crippen LogP contribution in [0.1, 0.15) is 97.9 Å². The fraction of sp³-hybridized carbons (Fsp3) is 0.273. The van der Waals surface area contributed by atoms with Crippen molar-refractivity contribution in [3.8, 4) is 0 Å². The molecule has 2 radical (unpaired) electrons. The van der Waals surface area contributed by atoms with Crippen molar-refractivity contribution < 1.29 is 27.0 Å². The van der Waals surface area contributed by atoms with Crippen LogP contribution in [-0.2, 0) is 9.47 Å². The van der Waals surface area contributed by atoms with Crippen molar-refractivity contribution in [3.05, 3.63) is 142 Å². The SMILES string of the molecule is CC(OCCC(C)c1c(F)cccc1F)C1=Cc2cc3[nH]c(cc4nc(cc5ccc(cc1n2)[nH]5)C=C4)cc3C(C)OCCC(C)c1c(F)cccc1F.[K].[K]. The molecule has 0 fully saturated rings. The number of fused-ring (bicyclic) bond motifs is 8. The van der Waals surface area contributed by atoms with Gasteiger partial charge in [0, 0.05) is 160 Å². The molecule has 2 N–H and O–H groups in total. The number of hydrogen-bond donors (Lipinski definition) is 2. The molecule has 56 heavy (non-hydrogen) atoms. The van der Waals surface area contributed by atoms with Gasteiger partial charge in [0.05, 0.1) is 35.0 Å². The van der Waals surface area contributed by atoms with E-state index in [9.17, 15) is 17.6 Å². The maximum absolute atomic E-state index is 14.4. The molecule has 0 saturated carbocycles.